The number of anilines is 2. The third-order valence-electron chi connectivity index (χ3n) is 6.10. The molecule has 0 unspecified atom stereocenters. The van der Waals surface area contributed by atoms with Crippen molar-refractivity contribution >= 4 is 50.6 Å². The fraction of sp³-hybridized carbons (Fsp3) is 0.167. The van der Waals surface area contributed by atoms with Crippen LogP contribution < -0.4 is 19.1 Å². The van der Waals surface area contributed by atoms with E-state index in [9.17, 15) is 17.6 Å². The van der Waals surface area contributed by atoms with Crippen LogP contribution in [-0.2, 0) is 27.9 Å². The van der Waals surface area contributed by atoms with E-state index in [0.29, 0.717) is 40.5 Å². The molecule has 2 N–H and O–H groups in total. The van der Waals surface area contributed by atoms with Gasteiger partial charge in [0.15, 0.2) is 6.61 Å². The van der Waals surface area contributed by atoms with E-state index >= 15 is 0 Å². The molecule has 0 amide bonds. The topological polar surface area (TPSA) is 105 Å². The second-order valence-electron chi connectivity index (χ2n) is 9.44. The van der Waals surface area contributed by atoms with Crippen LogP contribution in [0.15, 0.2) is 78.9 Å². The number of benzene rings is 4. The monoisotopic (exact) mass is 632 g/mol. The van der Waals surface area contributed by atoms with Crippen LogP contribution in [0.2, 0.25) is 10.0 Å². The largest absolute Gasteiger partial charge is 0.480 e. The SMILES string of the molecule is Cc1c(NS(C)(=O)=O)cccc1N(Cc1ccc(Oc2ccc(Cl)c(OCC(=O)O)c2)cc1)Cc1ccc(Cl)cc1F. The average Bonchev–Trinajstić information content (AvgIpc) is 2.91. The summed E-state index contributed by atoms with van der Waals surface area (Å²) in [4.78, 5) is 12.8. The summed E-state index contributed by atoms with van der Waals surface area (Å²) in [6.45, 7) is 1.81. The van der Waals surface area contributed by atoms with Gasteiger partial charge in [0.2, 0.25) is 10.0 Å². The van der Waals surface area contributed by atoms with Gasteiger partial charge in [0, 0.05) is 35.4 Å². The summed E-state index contributed by atoms with van der Waals surface area (Å²) in [5.41, 5.74) is 3.12. The third kappa shape index (κ3) is 8.51. The summed E-state index contributed by atoms with van der Waals surface area (Å²) in [5, 5.41) is 9.40. The molecule has 0 radical (unpaired) electrons. The molecular weight excluding hydrogens is 606 g/mol. The molecule has 0 aliphatic rings. The Bertz CT molecular complexity index is 1700. The van der Waals surface area contributed by atoms with Crippen LogP contribution in [0.4, 0.5) is 15.8 Å². The number of carbonyl (C=O) groups is 1. The number of aliphatic carboxylic acids is 1. The van der Waals surface area contributed by atoms with E-state index in [4.69, 9.17) is 37.8 Å². The lowest BCUT2D eigenvalue weighted by molar-refractivity contribution is -0.139. The summed E-state index contributed by atoms with van der Waals surface area (Å²) in [5.74, 6) is -0.487. The number of nitrogens with zero attached hydrogens (tertiary/aromatic N) is 1. The van der Waals surface area contributed by atoms with Gasteiger partial charge in [-0.2, -0.15) is 0 Å². The number of ether oxygens (including phenoxy) is 2. The Morgan fingerprint density at radius 3 is 2.36 bits per heavy atom. The van der Waals surface area contributed by atoms with Crippen molar-refractivity contribution in [1.29, 1.82) is 0 Å². The van der Waals surface area contributed by atoms with Gasteiger partial charge in [-0.15, -0.1) is 0 Å². The quantitative estimate of drug-likeness (QED) is 0.169. The Kier molecular flexibility index (Phi) is 9.82. The first-order chi connectivity index (χ1) is 19.9. The van der Waals surface area contributed by atoms with Crippen molar-refractivity contribution < 1.29 is 32.2 Å². The zero-order valence-corrected chi connectivity index (χ0v) is 24.9. The number of hydrogen-bond acceptors (Lipinski definition) is 6. The lowest BCUT2D eigenvalue weighted by Crippen LogP contribution is -2.24. The molecule has 0 aliphatic heterocycles. The number of carboxylic acid groups (broad SMARTS) is 1. The van der Waals surface area contributed by atoms with Crippen LogP contribution >= 0.6 is 23.2 Å². The van der Waals surface area contributed by atoms with Crippen LogP contribution in [0.3, 0.4) is 0 Å². The van der Waals surface area contributed by atoms with Crippen molar-refractivity contribution in [2.45, 2.75) is 20.0 Å². The summed E-state index contributed by atoms with van der Waals surface area (Å²) < 4.78 is 52.3. The van der Waals surface area contributed by atoms with Crippen molar-refractivity contribution in [3.8, 4) is 17.2 Å². The molecule has 0 aromatic heterocycles. The van der Waals surface area contributed by atoms with Crippen LogP contribution in [0.1, 0.15) is 16.7 Å². The lowest BCUT2D eigenvalue weighted by Gasteiger charge is -2.28. The van der Waals surface area contributed by atoms with E-state index in [-0.39, 0.29) is 22.3 Å². The Balaban J connectivity index is 1.59. The van der Waals surface area contributed by atoms with Gasteiger partial charge >= 0.3 is 5.97 Å². The van der Waals surface area contributed by atoms with E-state index in [2.05, 4.69) is 4.72 Å². The highest BCUT2D eigenvalue weighted by molar-refractivity contribution is 7.92. The Hall–Kier alpha value is -3.99. The second kappa shape index (κ2) is 13.3. The lowest BCUT2D eigenvalue weighted by atomic mass is 10.1. The highest BCUT2D eigenvalue weighted by Gasteiger charge is 2.17. The molecule has 0 heterocycles. The highest BCUT2D eigenvalue weighted by atomic mass is 35.5. The predicted molar refractivity (Wildman–Crippen MR) is 162 cm³/mol. The third-order valence-corrected chi connectivity index (χ3v) is 7.24. The van der Waals surface area contributed by atoms with Gasteiger partial charge in [0.1, 0.15) is 23.1 Å². The van der Waals surface area contributed by atoms with E-state index < -0.39 is 28.4 Å². The summed E-state index contributed by atoms with van der Waals surface area (Å²) in [6, 6.07) is 21.7. The maximum absolute atomic E-state index is 14.8. The first-order valence-corrected chi connectivity index (χ1v) is 15.2. The number of rotatable bonds is 12. The smallest absolute Gasteiger partial charge is 0.341 e. The van der Waals surface area contributed by atoms with Gasteiger partial charge in [-0.05, 0) is 66.6 Å². The van der Waals surface area contributed by atoms with Crippen molar-refractivity contribution in [3.05, 3.63) is 111 Å². The molecule has 0 spiro atoms. The zero-order valence-electron chi connectivity index (χ0n) is 22.6. The van der Waals surface area contributed by atoms with Gasteiger partial charge in [0.25, 0.3) is 0 Å². The summed E-state index contributed by atoms with van der Waals surface area (Å²) >= 11 is 12.0. The van der Waals surface area contributed by atoms with Gasteiger partial charge in [-0.3, -0.25) is 4.72 Å². The number of halogens is 3. The van der Waals surface area contributed by atoms with Crippen LogP contribution in [0.25, 0.3) is 0 Å². The molecular formula is C30H27Cl2FN2O6S. The van der Waals surface area contributed by atoms with E-state index in [1.54, 1.807) is 55.5 Å². The number of carboxylic acids is 1. The van der Waals surface area contributed by atoms with E-state index in [1.165, 1.54) is 12.1 Å². The molecule has 0 saturated carbocycles. The molecule has 4 aromatic carbocycles. The Morgan fingerprint density at radius 1 is 0.976 bits per heavy atom. The molecule has 42 heavy (non-hydrogen) atoms. The molecule has 220 valence electrons. The molecule has 0 aliphatic carbocycles. The first-order valence-electron chi connectivity index (χ1n) is 12.5. The van der Waals surface area contributed by atoms with E-state index in [0.717, 1.165) is 11.8 Å². The molecule has 0 fully saturated rings. The highest BCUT2D eigenvalue weighted by Crippen LogP contribution is 2.33. The first kappa shape index (κ1) is 31.0. The van der Waals surface area contributed by atoms with Crippen LogP contribution in [-0.4, -0.2) is 32.4 Å². The van der Waals surface area contributed by atoms with E-state index in [1.807, 2.05) is 23.1 Å². The molecule has 0 saturated heterocycles. The fourth-order valence-electron chi connectivity index (χ4n) is 4.17. The minimum atomic E-state index is -3.51. The molecule has 8 nitrogen and oxygen atoms in total. The minimum absolute atomic E-state index is 0.182. The zero-order chi connectivity index (χ0) is 30.4. The van der Waals surface area contributed by atoms with Gasteiger partial charge in [-0.1, -0.05) is 47.5 Å². The molecule has 4 aromatic rings. The molecule has 0 atom stereocenters. The Morgan fingerprint density at radius 2 is 1.69 bits per heavy atom. The normalized spacial score (nSPS) is 11.2. The summed E-state index contributed by atoms with van der Waals surface area (Å²) in [7, 11) is -3.51. The molecule has 12 heteroatoms. The van der Waals surface area contributed by atoms with Crippen molar-refractivity contribution in [2.24, 2.45) is 0 Å². The maximum Gasteiger partial charge on any atom is 0.341 e. The van der Waals surface area contributed by atoms with Crippen LogP contribution in [0.5, 0.6) is 17.2 Å². The fourth-order valence-corrected chi connectivity index (χ4v) is 5.13. The maximum atomic E-state index is 14.8. The van der Waals surface area contributed by atoms with Crippen molar-refractivity contribution in [2.75, 3.05) is 22.5 Å². The molecule has 4 rings (SSSR count). The van der Waals surface area contributed by atoms with Gasteiger partial charge < -0.3 is 19.5 Å². The van der Waals surface area contributed by atoms with Crippen molar-refractivity contribution in [1.82, 2.24) is 0 Å². The Labute approximate surface area is 253 Å². The number of hydrogen-bond donors (Lipinski definition) is 2. The average molecular weight is 634 g/mol. The second-order valence-corrected chi connectivity index (χ2v) is 12.0. The molecule has 0 bridgehead atoms. The number of sulfonamides is 1. The predicted octanol–water partition coefficient (Wildman–Crippen LogP) is 7.27. The minimum Gasteiger partial charge on any atom is -0.480 e. The standard InChI is InChI=1S/C30H27Cl2FN2O6S/c1-19-27(34-42(2,38)39)4-3-5-28(19)35(17-21-8-9-22(31)14-26(21)33)16-20-6-10-23(11-7-20)41-24-12-13-25(32)29(15-24)40-18-30(36)37/h3-15,34H,16-18H2,1-2H3,(H,36,37). The summed E-state index contributed by atoms with van der Waals surface area (Å²) in [6.07, 6.45) is 1.08. The van der Waals surface area contributed by atoms with Crippen LogP contribution in [0, 0.1) is 12.7 Å². The number of nitrogens with one attached hydrogen (secondary N) is 1. The van der Waals surface area contributed by atoms with Crippen molar-refractivity contribution in [3.63, 3.8) is 0 Å². The van der Waals surface area contributed by atoms with Gasteiger partial charge in [-0.25, -0.2) is 17.6 Å². The van der Waals surface area contributed by atoms with Gasteiger partial charge in [0.05, 0.1) is 17.0 Å².